The van der Waals surface area contributed by atoms with Crippen molar-refractivity contribution in [2.75, 3.05) is 6.26 Å². The molecule has 0 aliphatic rings. The summed E-state index contributed by atoms with van der Waals surface area (Å²) >= 11 is 1.51. The Morgan fingerprint density at radius 2 is 1.82 bits per heavy atom. The van der Waals surface area contributed by atoms with Gasteiger partial charge < -0.3 is 0 Å². The topological polar surface area (TPSA) is 23.8 Å². The van der Waals surface area contributed by atoms with Gasteiger partial charge in [0.05, 0.1) is 11.6 Å². The first-order valence-electron chi connectivity index (χ1n) is 5.08. The number of hydrogen-bond acceptors (Lipinski definition) is 2. The maximum Gasteiger partial charge on any atom is 0.132 e. The molecule has 2 rings (SSSR count). The number of benzene rings is 2. The molecule has 17 heavy (non-hydrogen) atoms. The predicted octanol–water partition coefficient (Wildman–Crippen LogP) is 4.09. The first-order chi connectivity index (χ1) is 8.24. The second kappa shape index (κ2) is 5.03. The normalized spacial score (nSPS) is 9.94. The summed E-state index contributed by atoms with van der Waals surface area (Å²) in [5.74, 6) is -0.235. The fourth-order valence-corrected chi connectivity index (χ4v) is 2.01. The summed E-state index contributed by atoms with van der Waals surface area (Å²) < 4.78 is 13.8. The molecule has 0 N–H and O–H groups in total. The van der Waals surface area contributed by atoms with Crippen LogP contribution in [-0.2, 0) is 0 Å². The molecule has 0 saturated carbocycles. The zero-order valence-corrected chi connectivity index (χ0v) is 10.1. The first kappa shape index (κ1) is 11.7. The molecule has 0 aromatic heterocycles. The lowest BCUT2D eigenvalue weighted by molar-refractivity contribution is 0.628. The van der Waals surface area contributed by atoms with Crippen molar-refractivity contribution >= 4 is 11.8 Å². The van der Waals surface area contributed by atoms with Gasteiger partial charge in [0.1, 0.15) is 5.82 Å². The number of nitrogens with zero attached hydrogens (tertiary/aromatic N) is 1. The van der Waals surface area contributed by atoms with E-state index in [1.54, 1.807) is 30.3 Å². The van der Waals surface area contributed by atoms with Gasteiger partial charge in [-0.05, 0) is 36.1 Å². The van der Waals surface area contributed by atoms with Crippen LogP contribution in [0.25, 0.3) is 11.1 Å². The highest BCUT2D eigenvalue weighted by Crippen LogP contribution is 2.26. The van der Waals surface area contributed by atoms with Crippen molar-refractivity contribution in [2.45, 2.75) is 4.90 Å². The fraction of sp³-hybridized carbons (Fsp3) is 0.0714. The minimum atomic E-state index is -0.235. The molecule has 84 valence electrons. The van der Waals surface area contributed by atoms with Gasteiger partial charge in [0.2, 0.25) is 0 Å². The van der Waals surface area contributed by atoms with Crippen LogP contribution in [0.5, 0.6) is 0 Å². The Bertz CT molecular complexity index is 570. The van der Waals surface area contributed by atoms with Crippen molar-refractivity contribution in [3.8, 4) is 17.2 Å². The lowest BCUT2D eigenvalue weighted by atomic mass is 10.0. The van der Waals surface area contributed by atoms with E-state index in [4.69, 9.17) is 5.26 Å². The Balaban J connectivity index is 2.42. The summed E-state index contributed by atoms with van der Waals surface area (Å²) in [6, 6.07) is 14.1. The quantitative estimate of drug-likeness (QED) is 0.742. The molecule has 0 spiro atoms. The van der Waals surface area contributed by atoms with Gasteiger partial charge in [0, 0.05) is 10.5 Å². The average molecular weight is 243 g/mol. The van der Waals surface area contributed by atoms with Crippen LogP contribution < -0.4 is 0 Å². The van der Waals surface area contributed by atoms with Crippen molar-refractivity contribution in [3.63, 3.8) is 0 Å². The smallest absolute Gasteiger partial charge is 0.132 e. The Morgan fingerprint density at radius 3 is 2.35 bits per heavy atom. The van der Waals surface area contributed by atoms with Gasteiger partial charge in [0.15, 0.2) is 0 Å². The van der Waals surface area contributed by atoms with E-state index in [1.807, 2.05) is 18.4 Å². The Labute approximate surface area is 104 Å². The van der Waals surface area contributed by atoms with Gasteiger partial charge in [-0.25, -0.2) is 4.39 Å². The van der Waals surface area contributed by atoms with Gasteiger partial charge in [-0.1, -0.05) is 18.2 Å². The number of halogens is 1. The summed E-state index contributed by atoms with van der Waals surface area (Å²) in [6.45, 7) is 0. The summed E-state index contributed by atoms with van der Waals surface area (Å²) in [4.78, 5) is 0.903. The molecule has 0 heterocycles. The first-order valence-corrected chi connectivity index (χ1v) is 6.31. The molecule has 0 aliphatic carbocycles. The van der Waals surface area contributed by atoms with Crippen molar-refractivity contribution in [2.24, 2.45) is 0 Å². The van der Waals surface area contributed by atoms with Crippen molar-refractivity contribution < 1.29 is 4.39 Å². The molecule has 0 fully saturated rings. The van der Waals surface area contributed by atoms with Crippen LogP contribution in [-0.4, -0.2) is 6.26 Å². The van der Waals surface area contributed by atoms with Crippen molar-refractivity contribution in [1.29, 1.82) is 5.26 Å². The third-order valence-corrected chi connectivity index (χ3v) is 3.23. The van der Waals surface area contributed by atoms with E-state index in [9.17, 15) is 4.39 Å². The fourth-order valence-electron chi connectivity index (χ4n) is 1.58. The maximum atomic E-state index is 13.8. The Kier molecular flexibility index (Phi) is 3.46. The van der Waals surface area contributed by atoms with E-state index in [0.29, 0.717) is 11.1 Å². The molecular formula is C14H10FNS. The molecule has 0 radical (unpaired) electrons. The lowest BCUT2D eigenvalue weighted by Gasteiger charge is -2.05. The molecule has 0 atom stereocenters. The number of nitriles is 1. The zero-order valence-electron chi connectivity index (χ0n) is 9.27. The van der Waals surface area contributed by atoms with E-state index < -0.39 is 0 Å². The van der Waals surface area contributed by atoms with Crippen LogP contribution in [0.2, 0.25) is 0 Å². The maximum absolute atomic E-state index is 13.8. The molecule has 3 heteroatoms. The van der Waals surface area contributed by atoms with E-state index in [-0.39, 0.29) is 5.82 Å². The van der Waals surface area contributed by atoms with Gasteiger partial charge in [0.25, 0.3) is 0 Å². The van der Waals surface area contributed by atoms with Gasteiger partial charge in [-0.3, -0.25) is 0 Å². The third kappa shape index (κ3) is 2.48. The highest BCUT2D eigenvalue weighted by Gasteiger charge is 2.05. The lowest BCUT2D eigenvalue weighted by Crippen LogP contribution is -1.85. The SMILES string of the molecule is CSc1ccc(-c2ccc(C#N)cc2)c(F)c1. The van der Waals surface area contributed by atoms with Gasteiger partial charge >= 0.3 is 0 Å². The van der Waals surface area contributed by atoms with Crippen LogP contribution in [0.4, 0.5) is 4.39 Å². The predicted molar refractivity (Wildman–Crippen MR) is 68.3 cm³/mol. The molecular weight excluding hydrogens is 233 g/mol. The summed E-state index contributed by atoms with van der Waals surface area (Å²) in [7, 11) is 0. The standard InChI is InChI=1S/C14H10FNS/c1-17-12-6-7-13(14(15)8-12)11-4-2-10(9-16)3-5-11/h2-8H,1H3. The molecule has 0 aliphatic heterocycles. The molecule has 0 saturated heterocycles. The van der Waals surface area contributed by atoms with Gasteiger partial charge in [-0.15, -0.1) is 11.8 Å². The average Bonchev–Trinajstić information content (AvgIpc) is 2.39. The molecule has 0 amide bonds. The van der Waals surface area contributed by atoms with Crippen LogP contribution in [0, 0.1) is 17.1 Å². The Hall–Kier alpha value is -1.79. The largest absolute Gasteiger partial charge is 0.206 e. The molecule has 2 aromatic carbocycles. The summed E-state index contributed by atoms with van der Waals surface area (Å²) in [5, 5.41) is 8.70. The minimum Gasteiger partial charge on any atom is -0.206 e. The van der Waals surface area contributed by atoms with Crippen LogP contribution in [0.3, 0.4) is 0 Å². The van der Waals surface area contributed by atoms with Crippen LogP contribution in [0.15, 0.2) is 47.4 Å². The summed E-state index contributed by atoms with van der Waals surface area (Å²) in [5.41, 5.74) is 1.93. The third-order valence-electron chi connectivity index (χ3n) is 2.50. The van der Waals surface area contributed by atoms with E-state index in [2.05, 4.69) is 0 Å². The monoisotopic (exact) mass is 243 g/mol. The van der Waals surface area contributed by atoms with E-state index in [0.717, 1.165) is 10.5 Å². The van der Waals surface area contributed by atoms with Crippen LogP contribution >= 0.6 is 11.8 Å². The second-order valence-corrected chi connectivity index (χ2v) is 4.41. The Morgan fingerprint density at radius 1 is 1.12 bits per heavy atom. The number of rotatable bonds is 2. The van der Waals surface area contributed by atoms with Crippen molar-refractivity contribution in [3.05, 3.63) is 53.8 Å². The highest BCUT2D eigenvalue weighted by molar-refractivity contribution is 7.98. The van der Waals surface area contributed by atoms with Gasteiger partial charge in [-0.2, -0.15) is 5.26 Å². The van der Waals surface area contributed by atoms with E-state index >= 15 is 0 Å². The zero-order chi connectivity index (χ0) is 12.3. The molecule has 0 unspecified atom stereocenters. The highest BCUT2D eigenvalue weighted by atomic mass is 32.2. The van der Waals surface area contributed by atoms with E-state index in [1.165, 1.54) is 17.8 Å². The minimum absolute atomic E-state index is 0.235. The second-order valence-electron chi connectivity index (χ2n) is 3.53. The number of thioether (sulfide) groups is 1. The molecule has 1 nitrogen and oxygen atoms in total. The number of hydrogen-bond donors (Lipinski definition) is 0. The van der Waals surface area contributed by atoms with Crippen molar-refractivity contribution in [1.82, 2.24) is 0 Å². The van der Waals surface area contributed by atoms with Crippen LogP contribution in [0.1, 0.15) is 5.56 Å². The molecule has 0 bridgehead atoms. The molecule has 2 aromatic rings. The summed E-state index contributed by atoms with van der Waals surface area (Å²) in [6.07, 6.45) is 1.91.